The molecule has 3 aromatic rings. The molecule has 6 heteroatoms. The number of hydrogen-bond acceptors (Lipinski definition) is 3. The fourth-order valence-electron chi connectivity index (χ4n) is 7.19. The molecule has 1 spiro atoms. The Morgan fingerprint density at radius 2 is 1.79 bits per heavy atom. The maximum absolute atomic E-state index is 15.6. The number of carboxylic acids is 1. The van der Waals surface area contributed by atoms with Crippen LogP contribution in [0.15, 0.2) is 48.5 Å². The van der Waals surface area contributed by atoms with Gasteiger partial charge in [0.25, 0.3) is 0 Å². The third-order valence-electron chi connectivity index (χ3n) is 9.54. The number of ether oxygens (including phenoxy) is 2. The van der Waals surface area contributed by atoms with Gasteiger partial charge < -0.3 is 14.6 Å². The molecule has 0 aromatic heterocycles. The number of carboxylic acid groups (broad SMARTS) is 1. The zero-order valence-electron chi connectivity index (χ0n) is 22.7. The Bertz CT molecular complexity index is 1460. The molecule has 3 aromatic carbocycles. The van der Waals surface area contributed by atoms with E-state index in [-0.39, 0.29) is 29.3 Å². The first-order valence-corrected chi connectivity index (χ1v) is 13.8. The molecule has 3 atom stereocenters. The molecule has 3 aliphatic rings. The number of halogens is 2. The summed E-state index contributed by atoms with van der Waals surface area (Å²) in [6.45, 7) is 4.47. The first-order chi connectivity index (χ1) is 18.6. The summed E-state index contributed by atoms with van der Waals surface area (Å²) >= 11 is 0. The van der Waals surface area contributed by atoms with Crippen LogP contribution in [-0.2, 0) is 23.2 Å². The van der Waals surface area contributed by atoms with Crippen molar-refractivity contribution < 1.29 is 28.2 Å². The Balaban J connectivity index is 1.34. The molecule has 6 rings (SSSR count). The number of benzene rings is 3. The van der Waals surface area contributed by atoms with Gasteiger partial charge in [-0.1, -0.05) is 26.3 Å². The topological polar surface area (TPSA) is 55.8 Å². The van der Waals surface area contributed by atoms with Gasteiger partial charge >= 0.3 is 5.97 Å². The summed E-state index contributed by atoms with van der Waals surface area (Å²) in [5.74, 6) is -0.664. The smallest absolute Gasteiger partial charge is 0.307 e. The van der Waals surface area contributed by atoms with Crippen LogP contribution in [0.4, 0.5) is 8.78 Å². The molecule has 0 aliphatic heterocycles. The van der Waals surface area contributed by atoms with E-state index in [0.29, 0.717) is 34.6 Å². The highest BCUT2D eigenvalue weighted by Crippen LogP contribution is 2.62. The van der Waals surface area contributed by atoms with Crippen molar-refractivity contribution in [3.05, 3.63) is 82.4 Å². The van der Waals surface area contributed by atoms with E-state index in [9.17, 15) is 9.90 Å². The average molecular weight is 533 g/mol. The molecule has 0 saturated heterocycles. The lowest BCUT2D eigenvalue weighted by Crippen LogP contribution is -2.17. The van der Waals surface area contributed by atoms with Crippen LogP contribution in [0.2, 0.25) is 0 Å². The third kappa shape index (κ3) is 4.38. The number of aliphatic carboxylic acids is 1. The van der Waals surface area contributed by atoms with Crippen LogP contribution >= 0.6 is 0 Å². The number of hydrogen-bond donors (Lipinski definition) is 1. The first kappa shape index (κ1) is 25.8. The molecule has 0 radical (unpaired) electrons. The van der Waals surface area contributed by atoms with Gasteiger partial charge in [-0.2, -0.15) is 0 Å². The number of methoxy groups -OCH3 is 1. The van der Waals surface area contributed by atoms with Gasteiger partial charge in [0.05, 0.1) is 13.0 Å². The van der Waals surface area contributed by atoms with Gasteiger partial charge in [0.15, 0.2) is 0 Å². The van der Waals surface area contributed by atoms with E-state index < -0.39 is 17.6 Å². The number of aryl methyl sites for hydroxylation is 1. The molecule has 0 amide bonds. The molecule has 0 unspecified atom stereocenters. The summed E-state index contributed by atoms with van der Waals surface area (Å²) in [6, 6.07) is 13.7. The SMILES string of the molecule is COc1ccc(F)c(-c2cc(F)c(COc3ccc4c(c3)[C@]3(CC4)C[C@H]3C(=O)O)cc2[C@@H]2CCCC2(C)C)c1. The summed E-state index contributed by atoms with van der Waals surface area (Å²) in [4.78, 5) is 11.6. The van der Waals surface area contributed by atoms with E-state index in [1.54, 1.807) is 12.1 Å². The normalized spacial score (nSPS) is 24.5. The maximum Gasteiger partial charge on any atom is 0.307 e. The summed E-state index contributed by atoms with van der Waals surface area (Å²) in [6.07, 6.45) is 5.45. The number of carbonyl (C=O) groups is 1. The van der Waals surface area contributed by atoms with Crippen molar-refractivity contribution in [2.45, 2.75) is 70.3 Å². The summed E-state index contributed by atoms with van der Waals surface area (Å²) in [5.41, 5.74) is 4.19. The summed E-state index contributed by atoms with van der Waals surface area (Å²) in [7, 11) is 1.53. The largest absolute Gasteiger partial charge is 0.497 e. The predicted molar refractivity (Wildman–Crippen MR) is 145 cm³/mol. The highest BCUT2D eigenvalue weighted by Gasteiger charge is 2.61. The molecule has 2 fully saturated rings. The lowest BCUT2D eigenvalue weighted by atomic mass is 9.75. The van der Waals surface area contributed by atoms with Crippen molar-refractivity contribution in [2.24, 2.45) is 11.3 Å². The number of rotatable bonds is 7. The standard InChI is InChI=1S/C33H34F2O4/c1-32(2)11-4-5-26(32)24-13-20(30(35)16-23(24)25-14-21(38-3)8-9-29(25)34)18-39-22-7-6-19-10-12-33(27(19)15-22)17-28(33)31(36)37/h6-9,13-16,26,28H,4-5,10-12,17-18H2,1-3H3,(H,36,37)/t26-,28-,33-/m0/s1. The van der Waals surface area contributed by atoms with Crippen molar-refractivity contribution in [3.8, 4) is 22.6 Å². The Kier molecular flexibility index (Phi) is 6.20. The quantitative estimate of drug-likeness (QED) is 0.337. The molecule has 0 heterocycles. The van der Waals surface area contributed by atoms with Crippen LogP contribution in [0.1, 0.15) is 74.1 Å². The van der Waals surface area contributed by atoms with E-state index >= 15 is 8.78 Å². The van der Waals surface area contributed by atoms with Gasteiger partial charge in [0, 0.05) is 16.5 Å². The van der Waals surface area contributed by atoms with Crippen molar-refractivity contribution in [2.75, 3.05) is 7.11 Å². The molecule has 0 bridgehead atoms. The van der Waals surface area contributed by atoms with Gasteiger partial charge in [0.1, 0.15) is 29.7 Å². The van der Waals surface area contributed by atoms with Crippen LogP contribution in [0, 0.1) is 23.0 Å². The Morgan fingerprint density at radius 3 is 2.49 bits per heavy atom. The molecule has 1 N–H and O–H groups in total. The number of fused-ring (bicyclic) bond motifs is 2. The fourth-order valence-corrected chi connectivity index (χ4v) is 7.19. The van der Waals surface area contributed by atoms with Crippen LogP contribution in [-0.4, -0.2) is 18.2 Å². The fraction of sp³-hybridized carbons (Fsp3) is 0.424. The second-order valence-corrected chi connectivity index (χ2v) is 12.2. The van der Waals surface area contributed by atoms with Gasteiger partial charge in [-0.3, -0.25) is 4.79 Å². The highest BCUT2D eigenvalue weighted by molar-refractivity contribution is 5.78. The summed E-state index contributed by atoms with van der Waals surface area (Å²) in [5, 5.41) is 9.56. The highest BCUT2D eigenvalue weighted by atomic mass is 19.1. The predicted octanol–water partition coefficient (Wildman–Crippen LogP) is 7.80. The monoisotopic (exact) mass is 532 g/mol. The molecule has 204 valence electrons. The molecular formula is C33H34F2O4. The molecule has 2 saturated carbocycles. The van der Waals surface area contributed by atoms with Crippen LogP contribution in [0.3, 0.4) is 0 Å². The second kappa shape index (κ2) is 9.35. The van der Waals surface area contributed by atoms with Crippen molar-refractivity contribution in [3.63, 3.8) is 0 Å². The van der Waals surface area contributed by atoms with Gasteiger partial charge in [-0.05, 0) is 108 Å². The van der Waals surface area contributed by atoms with E-state index in [0.717, 1.165) is 43.2 Å². The van der Waals surface area contributed by atoms with Crippen molar-refractivity contribution in [1.82, 2.24) is 0 Å². The minimum atomic E-state index is -0.744. The van der Waals surface area contributed by atoms with Gasteiger partial charge in [-0.15, -0.1) is 0 Å². The van der Waals surface area contributed by atoms with Crippen LogP contribution in [0.5, 0.6) is 11.5 Å². The average Bonchev–Trinajstić information content (AvgIpc) is 3.40. The van der Waals surface area contributed by atoms with Crippen LogP contribution in [0.25, 0.3) is 11.1 Å². The summed E-state index contributed by atoms with van der Waals surface area (Å²) < 4.78 is 42.1. The van der Waals surface area contributed by atoms with Gasteiger partial charge in [-0.25, -0.2) is 8.78 Å². The minimum Gasteiger partial charge on any atom is -0.497 e. The van der Waals surface area contributed by atoms with E-state index in [1.165, 1.54) is 24.8 Å². The molecular weight excluding hydrogens is 498 g/mol. The van der Waals surface area contributed by atoms with E-state index in [1.807, 2.05) is 24.3 Å². The Labute approximate surface area is 228 Å². The molecule has 39 heavy (non-hydrogen) atoms. The lowest BCUT2D eigenvalue weighted by molar-refractivity contribution is -0.139. The van der Waals surface area contributed by atoms with Gasteiger partial charge in [0.2, 0.25) is 0 Å². The zero-order valence-corrected chi connectivity index (χ0v) is 22.7. The minimum absolute atomic E-state index is 0.000697. The van der Waals surface area contributed by atoms with E-state index in [2.05, 4.69) is 13.8 Å². The first-order valence-electron chi connectivity index (χ1n) is 13.8. The van der Waals surface area contributed by atoms with Crippen molar-refractivity contribution >= 4 is 5.97 Å². The lowest BCUT2D eigenvalue weighted by Gasteiger charge is -2.30. The maximum atomic E-state index is 15.6. The molecule has 4 nitrogen and oxygen atoms in total. The molecule has 3 aliphatic carbocycles. The Morgan fingerprint density at radius 1 is 1.00 bits per heavy atom. The van der Waals surface area contributed by atoms with E-state index in [4.69, 9.17) is 9.47 Å². The Hall–Kier alpha value is -3.41. The third-order valence-corrected chi connectivity index (χ3v) is 9.54. The zero-order chi connectivity index (χ0) is 27.5. The van der Waals surface area contributed by atoms with Crippen molar-refractivity contribution in [1.29, 1.82) is 0 Å². The second-order valence-electron chi connectivity index (χ2n) is 12.2. The van der Waals surface area contributed by atoms with Crippen LogP contribution < -0.4 is 9.47 Å².